The van der Waals surface area contributed by atoms with Crippen LogP contribution in [0.4, 0.5) is 0 Å². The van der Waals surface area contributed by atoms with E-state index < -0.39 is 0 Å². The standard InChI is InChI=1S/C13H17N3O/c17-12-4-5-13-10(7-12)8-16(15-13)9-11-3-1-2-6-14-11/h4-5,7-8,11,14,17H,1-3,6,9H2. The van der Waals surface area contributed by atoms with Gasteiger partial charge in [0.25, 0.3) is 0 Å². The molecule has 2 heterocycles. The van der Waals surface area contributed by atoms with Gasteiger partial charge in [-0.3, -0.25) is 4.68 Å². The lowest BCUT2D eigenvalue weighted by atomic mass is 10.1. The van der Waals surface area contributed by atoms with Gasteiger partial charge in [-0.15, -0.1) is 0 Å². The summed E-state index contributed by atoms with van der Waals surface area (Å²) in [7, 11) is 0. The van der Waals surface area contributed by atoms with Gasteiger partial charge in [0.1, 0.15) is 5.75 Å². The number of fused-ring (bicyclic) bond motifs is 1. The molecule has 1 aromatic heterocycles. The molecule has 1 fully saturated rings. The number of phenols is 1. The van der Waals surface area contributed by atoms with E-state index in [2.05, 4.69) is 10.4 Å². The maximum Gasteiger partial charge on any atom is 0.116 e. The van der Waals surface area contributed by atoms with E-state index in [1.807, 2.05) is 16.9 Å². The average molecular weight is 231 g/mol. The van der Waals surface area contributed by atoms with Crippen molar-refractivity contribution in [2.24, 2.45) is 0 Å². The lowest BCUT2D eigenvalue weighted by Crippen LogP contribution is -2.37. The third-order valence-electron chi connectivity index (χ3n) is 3.36. The highest BCUT2D eigenvalue weighted by Gasteiger charge is 2.13. The summed E-state index contributed by atoms with van der Waals surface area (Å²) in [5, 5.41) is 18.4. The van der Waals surface area contributed by atoms with Gasteiger partial charge in [0.15, 0.2) is 0 Å². The Morgan fingerprint density at radius 3 is 3.18 bits per heavy atom. The maximum absolute atomic E-state index is 9.41. The fraction of sp³-hybridized carbons (Fsp3) is 0.462. The number of aromatic hydroxyl groups is 1. The maximum atomic E-state index is 9.41. The van der Waals surface area contributed by atoms with Gasteiger partial charge >= 0.3 is 0 Å². The second-order valence-electron chi connectivity index (χ2n) is 4.74. The SMILES string of the molecule is Oc1ccc2nn(CC3CCCCN3)cc2c1. The van der Waals surface area contributed by atoms with E-state index in [0.717, 1.165) is 24.0 Å². The van der Waals surface area contributed by atoms with Crippen molar-refractivity contribution in [3.05, 3.63) is 24.4 Å². The third-order valence-corrected chi connectivity index (χ3v) is 3.36. The van der Waals surface area contributed by atoms with Crippen molar-refractivity contribution in [3.63, 3.8) is 0 Å². The van der Waals surface area contributed by atoms with Gasteiger partial charge in [-0.05, 0) is 37.6 Å². The predicted molar refractivity (Wildman–Crippen MR) is 67.0 cm³/mol. The quantitative estimate of drug-likeness (QED) is 0.829. The van der Waals surface area contributed by atoms with Crippen LogP contribution in [0.1, 0.15) is 19.3 Å². The van der Waals surface area contributed by atoms with Crippen molar-refractivity contribution in [1.29, 1.82) is 0 Å². The van der Waals surface area contributed by atoms with Crippen molar-refractivity contribution in [3.8, 4) is 5.75 Å². The highest BCUT2D eigenvalue weighted by molar-refractivity contribution is 5.79. The molecule has 2 aromatic rings. The van der Waals surface area contributed by atoms with E-state index in [-0.39, 0.29) is 0 Å². The molecule has 2 N–H and O–H groups in total. The largest absolute Gasteiger partial charge is 0.508 e. The van der Waals surface area contributed by atoms with Gasteiger partial charge in [0.05, 0.1) is 12.1 Å². The zero-order valence-electron chi connectivity index (χ0n) is 9.76. The minimum absolute atomic E-state index is 0.299. The van der Waals surface area contributed by atoms with Gasteiger partial charge in [-0.1, -0.05) is 6.42 Å². The Labute approximate surface area is 100 Å². The molecule has 17 heavy (non-hydrogen) atoms. The summed E-state index contributed by atoms with van der Waals surface area (Å²) < 4.78 is 1.98. The molecular weight excluding hydrogens is 214 g/mol. The number of phenolic OH excluding ortho intramolecular Hbond substituents is 1. The first kappa shape index (κ1) is 10.6. The smallest absolute Gasteiger partial charge is 0.116 e. The summed E-state index contributed by atoms with van der Waals surface area (Å²) in [6.07, 6.45) is 5.82. The van der Waals surface area contributed by atoms with Crippen molar-refractivity contribution in [2.75, 3.05) is 6.54 Å². The molecule has 4 nitrogen and oxygen atoms in total. The molecule has 3 rings (SSSR count). The minimum Gasteiger partial charge on any atom is -0.508 e. The normalized spacial score (nSPS) is 20.8. The molecule has 1 saturated heterocycles. The van der Waals surface area contributed by atoms with E-state index in [9.17, 15) is 5.11 Å². The second kappa shape index (κ2) is 4.37. The van der Waals surface area contributed by atoms with Crippen LogP contribution < -0.4 is 5.32 Å². The highest BCUT2D eigenvalue weighted by Crippen LogP contribution is 2.19. The van der Waals surface area contributed by atoms with Crippen LogP contribution in [-0.4, -0.2) is 27.5 Å². The molecule has 0 spiro atoms. The summed E-state index contributed by atoms with van der Waals surface area (Å²) in [6, 6.07) is 5.83. The first-order valence-corrected chi connectivity index (χ1v) is 6.21. The number of nitrogens with one attached hydrogen (secondary N) is 1. The Balaban J connectivity index is 1.80. The predicted octanol–water partition coefficient (Wildman–Crippen LogP) is 1.88. The molecule has 0 saturated carbocycles. The highest BCUT2D eigenvalue weighted by atomic mass is 16.3. The molecule has 1 unspecified atom stereocenters. The molecule has 0 bridgehead atoms. The average Bonchev–Trinajstić information content (AvgIpc) is 2.71. The number of benzene rings is 1. The number of piperidine rings is 1. The summed E-state index contributed by atoms with van der Waals surface area (Å²) >= 11 is 0. The Hall–Kier alpha value is -1.55. The van der Waals surface area contributed by atoms with E-state index >= 15 is 0 Å². The lowest BCUT2D eigenvalue weighted by Gasteiger charge is -2.23. The van der Waals surface area contributed by atoms with Crippen molar-refractivity contribution < 1.29 is 5.11 Å². The Morgan fingerprint density at radius 2 is 2.35 bits per heavy atom. The van der Waals surface area contributed by atoms with Crippen LogP contribution >= 0.6 is 0 Å². The van der Waals surface area contributed by atoms with Crippen LogP contribution in [0, 0.1) is 0 Å². The van der Waals surface area contributed by atoms with Crippen molar-refractivity contribution in [1.82, 2.24) is 15.1 Å². The zero-order chi connectivity index (χ0) is 11.7. The van der Waals surface area contributed by atoms with Crippen LogP contribution in [0.25, 0.3) is 10.9 Å². The summed E-state index contributed by atoms with van der Waals surface area (Å²) in [6.45, 7) is 2.03. The van der Waals surface area contributed by atoms with Crippen LogP contribution in [0.2, 0.25) is 0 Å². The Bertz CT molecular complexity index is 514. The molecule has 4 heteroatoms. The second-order valence-corrected chi connectivity index (χ2v) is 4.74. The molecule has 1 aliphatic rings. The van der Waals surface area contributed by atoms with Gasteiger partial charge in [0, 0.05) is 17.6 Å². The number of hydrogen-bond acceptors (Lipinski definition) is 3. The minimum atomic E-state index is 0.299. The van der Waals surface area contributed by atoms with Gasteiger partial charge in [-0.2, -0.15) is 5.10 Å². The Kier molecular flexibility index (Phi) is 2.73. The first-order valence-electron chi connectivity index (χ1n) is 6.21. The first-order chi connectivity index (χ1) is 8.31. The molecule has 0 amide bonds. The van der Waals surface area contributed by atoms with E-state index in [1.54, 1.807) is 12.1 Å². The van der Waals surface area contributed by atoms with Crippen molar-refractivity contribution in [2.45, 2.75) is 31.8 Å². The van der Waals surface area contributed by atoms with Crippen LogP contribution in [-0.2, 0) is 6.54 Å². The van der Waals surface area contributed by atoms with Crippen LogP contribution in [0.5, 0.6) is 5.75 Å². The van der Waals surface area contributed by atoms with Gasteiger partial charge in [-0.25, -0.2) is 0 Å². The number of aromatic nitrogens is 2. The Morgan fingerprint density at radius 1 is 1.41 bits per heavy atom. The van der Waals surface area contributed by atoms with Crippen LogP contribution in [0.15, 0.2) is 24.4 Å². The number of nitrogens with zero attached hydrogens (tertiary/aromatic N) is 2. The fourth-order valence-electron chi connectivity index (χ4n) is 2.46. The summed E-state index contributed by atoms with van der Waals surface area (Å²) in [5.74, 6) is 0.299. The van der Waals surface area contributed by atoms with E-state index in [1.165, 1.54) is 19.3 Å². The molecular formula is C13H17N3O. The van der Waals surface area contributed by atoms with Crippen molar-refractivity contribution >= 4 is 10.9 Å². The van der Waals surface area contributed by atoms with Gasteiger partial charge in [0.2, 0.25) is 0 Å². The third kappa shape index (κ3) is 2.26. The zero-order valence-corrected chi connectivity index (χ0v) is 9.76. The molecule has 1 aromatic carbocycles. The van der Waals surface area contributed by atoms with E-state index in [0.29, 0.717) is 11.8 Å². The molecule has 0 aliphatic carbocycles. The van der Waals surface area contributed by atoms with Crippen LogP contribution in [0.3, 0.4) is 0 Å². The molecule has 90 valence electrons. The molecule has 1 atom stereocenters. The fourth-order valence-corrected chi connectivity index (χ4v) is 2.46. The summed E-state index contributed by atoms with van der Waals surface area (Å²) in [4.78, 5) is 0. The molecule has 0 radical (unpaired) electrons. The number of rotatable bonds is 2. The molecule has 1 aliphatic heterocycles. The topological polar surface area (TPSA) is 50.1 Å². The van der Waals surface area contributed by atoms with E-state index in [4.69, 9.17) is 0 Å². The van der Waals surface area contributed by atoms with Gasteiger partial charge < -0.3 is 10.4 Å². The summed E-state index contributed by atoms with van der Waals surface area (Å²) in [5.41, 5.74) is 0.943. The monoisotopic (exact) mass is 231 g/mol. The lowest BCUT2D eigenvalue weighted by molar-refractivity contribution is 0.352. The number of hydrogen-bond donors (Lipinski definition) is 2.